The van der Waals surface area contributed by atoms with E-state index in [9.17, 15) is 10.1 Å². The van der Waals surface area contributed by atoms with Gasteiger partial charge in [0.2, 0.25) is 5.91 Å². The van der Waals surface area contributed by atoms with Crippen LogP contribution in [0, 0.1) is 11.3 Å². The molecule has 0 unspecified atom stereocenters. The maximum atomic E-state index is 12.1. The van der Waals surface area contributed by atoms with Gasteiger partial charge in [-0.05, 0) is 24.6 Å². The Balaban J connectivity index is 1.54. The molecule has 4 heterocycles. The summed E-state index contributed by atoms with van der Waals surface area (Å²) in [6, 6.07) is 12.0. The van der Waals surface area contributed by atoms with E-state index in [1.807, 2.05) is 60.7 Å². The summed E-state index contributed by atoms with van der Waals surface area (Å²) in [6.07, 6.45) is 8.59. The molecule has 1 fully saturated rings. The van der Waals surface area contributed by atoms with Crippen LogP contribution in [0.4, 0.5) is 5.69 Å². The lowest BCUT2D eigenvalue weighted by Gasteiger charge is -2.28. The summed E-state index contributed by atoms with van der Waals surface area (Å²) in [5.74, 6) is 0.138. The number of amides is 1. The lowest BCUT2D eigenvalue weighted by molar-refractivity contribution is -0.133. The molecule has 160 valence electrons. The molecule has 0 aliphatic carbocycles. The number of nitrogens with zero attached hydrogens (tertiary/aromatic N) is 6. The molecule has 1 aliphatic rings. The number of nitrogen functional groups attached to an aromatic ring is 1. The van der Waals surface area contributed by atoms with Crippen LogP contribution in [0.15, 0.2) is 64.9 Å². The normalized spacial score (nSPS) is 16.4. The summed E-state index contributed by atoms with van der Waals surface area (Å²) in [7, 11) is 1.83. The number of benzene rings is 1. The maximum Gasteiger partial charge on any atom is 0.224 e. The number of hydrogen-bond donors (Lipinski definition) is 1. The molecule has 1 amide bonds. The molecule has 32 heavy (non-hydrogen) atoms. The average molecular weight is 444 g/mol. The first kappa shape index (κ1) is 20.2. The fraction of sp³-hybridized carbons (Fsp3) is 0.217. The Kier molecular flexibility index (Phi) is 5.07. The minimum absolute atomic E-state index is 0.0593. The van der Waals surface area contributed by atoms with E-state index in [2.05, 4.69) is 16.3 Å². The predicted octanol–water partition coefficient (Wildman–Crippen LogP) is 3.60. The summed E-state index contributed by atoms with van der Waals surface area (Å²) < 4.78 is 3.61. The summed E-state index contributed by atoms with van der Waals surface area (Å²) in [5.41, 5.74) is 9.95. The maximum absolute atomic E-state index is 12.1. The summed E-state index contributed by atoms with van der Waals surface area (Å²) in [4.78, 5) is 15.7. The van der Waals surface area contributed by atoms with Gasteiger partial charge >= 0.3 is 0 Å². The molecule has 0 bridgehead atoms. The highest BCUT2D eigenvalue weighted by atomic mass is 32.2. The van der Waals surface area contributed by atoms with Crippen molar-refractivity contribution in [1.82, 2.24) is 24.3 Å². The summed E-state index contributed by atoms with van der Waals surface area (Å²) >= 11 is 1.51. The van der Waals surface area contributed by atoms with E-state index in [1.54, 1.807) is 15.6 Å². The molecule has 0 saturated carbocycles. The van der Waals surface area contributed by atoms with Gasteiger partial charge in [0.25, 0.3) is 0 Å². The Hall–Kier alpha value is -3.77. The highest BCUT2D eigenvalue weighted by molar-refractivity contribution is 7.99. The number of piperidine rings is 1. The van der Waals surface area contributed by atoms with Gasteiger partial charge in [0.05, 0.1) is 29.5 Å². The van der Waals surface area contributed by atoms with Crippen LogP contribution in [-0.4, -0.2) is 43.8 Å². The molecule has 2 N–H and O–H groups in total. The molecule has 0 radical (unpaired) electrons. The fourth-order valence-electron chi connectivity index (χ4n) is 3.93. The zero-order valence-corrected chi connectivity index (χ0v) is 18.3. The molecule has 1 saturated heterocycles. The Morgan fingerprint density at radius 1 is 1.16 bits per heavy atom. The molecule has 5 rings (SSSR count). The molecule has 1 aromatic carbocycles. The lowest BCUT2D eigenvalue weighted by Crippen LogP contribution is -2.36. The van der Waals surface area contributed by atoms with Crippen LogP contribution in [0.5, 0.6) is 0 Å². The Labute approximate surface area is 189 Å². The number of hydrogen-bond acceptors (Lipinski definition) is 6. The largest absolute Gasteiger partial charge is 0.398 e. The number of aromatic nitrogens is 4. The van der Waals surface area contributed by atoms with Crippen molar-refractivity contribution in [2.24, 2.45) is 0 Å². The molecule has 8 nitrogen and oxygen atoms in total. The number of para-hydroxylation sites is 1. The predicted molar refractivity (Wildman–Crippen MR) is 122 cm³/mol. The van der Waals surface area contributed by atoms with Gasteiger partial charge in [0.15, 0.2) is 0 Å². The number of anilines is 1. The van der Waals surface area contributed by atoms with Crippen molar-refractivity contribution in [3.05, 3.63) is 60.7 Å². The van der Waals surface area contributed by atoms with Gasteiger partial charge in [-0.3, -0.25) is 9.48 Å². The number of nitrogens with two attached hydrogens (primary N) is 1. The van der Waals surface area contributed by atoms with Crippen molar-refractivity contribution < 1.29 is 4.79 Å². The Bertz CT molecular complexity index is 1370. The molecule has 4 aromatic rings. The molecule has 1 aliphatic heterocycles. The first-order valence-electron chi connectivity index (χ1n) is 10.3. The van der Waals surface area contributed by atoms with Gasteiger partial charge in [0.1, 0.15) is 6.07 Å². The topological polar surface area (TPSA) is 105 Å². The van der Waals surface area contributed by atoms with Gasteiger partial charge in [-0.1, -0.05) is 23.9 Å². The molecular weight excluding hydrogens is 422 g/mol. The Morgan fingerprint density at radius 3 is 2.78 bits per heavy atom. The van der Waals surface area contributed by atoms with Crippen LogP contribution in [0.2, 0.25) is 0 Å². The molecule has 9 heteroatoms. The minimum Gasteiger partial charge on any atom is -0.398 e. The van der Waals surface area contributed by atoms with E-state index in [0.29, 0.717) is 17.7 Å². The summed E-state index contributed by atoms with van der Waals surface area (Å²) in [5, 5.41) is 18.5. The van der Waals surface area contributed by atoms with Gasteiger partial charge in [-0.15, -0.1) is 0 Å². The van der Waals surface area contributed by atoms with E-state index < -0.39 is 0 Å². The third-order valence-corrected chi connectivity index (χ3v) is 6.90. The van der Waals surface area contributed by atoms with Crippen LogP contribution in [0.3, 0.4) is 0 Å². The van der Waals surface area contributed by atoms with E-state index in [1.165, 1.54) is 11.8 Å². The standard InChI is InChI=1S/C23H21N7OS/c1-28-7-6-18(9-22(28)31)29-14-17(12-26-29)15-8-21(32-20-5-3-2-4-19(20)25)23-16(10-24)11-27-30(23)13-15/h2-5,8,11-14,18H,6-7,9,25H2,1H3/t18-/m1/s1. The molecule has 1 atom stereocenters. The quantitative estimate of drug-likeness (QED) is 0.483. The monoisotopic (exact) mass is 443 g/mol. The van der Waals surface area contributed by atoms with Crippen molar-refractivity contribution in [2.45, 2.75) is 28.7 Å². The van der Waals surface area contributed by atoms with Crippen molar-refractivity contribution in [3.8, 4) is 17.2 Å². The first-order chi connectivity index (χ1) is 15.5. The second-order valence-corrected chi connectivity index (χ2v) is 8.95. The SMILES string of the molecule is CN1CC[C@@H](n2cc(-c3cc(Sc4ccccc4N)c4c(C#N)cnn4c3)cn2)CC1=O. The number of nitriles is 1. The first-order valence-corrected chi connectivity index (χ1v) is 11.1. The summed E-state index contributed by atoms with van der Waals surface area (Å²) in [6.45, 7) is 0.730. The Morgan fingerprint density at radius 2 is 2.00 bits per heavy atom. The molecular formula is C23H21N7OS. The number of pyridine rings is 1. The van der Waals surface area contributed by atoms with Gasteiger partial charge in [-0.2, -0.15) is 15.5 Å². The second kappa shape index (κ2) is 8.05. The molecule has 0 spiro atoms. The van der Waals surface area contributed by atoms with Crippen molar-refractivity contribution in [1.29, 1.82) is 5.26 Å². The van der Waals surface area contributed by atoms with Crippen molar-refractivity contribution in [2.75, 3.05) is 19.3 Å². The smallest absolute Gasteiger partial charge is 0.224 e. The highest BCUT2D eigenvalue weighted by Crippen LogP contribution is 2.38. The zero-order chi connectivity index (χ0) is 22.2. The highest BCUT2D eigenvalue weighted by Gasteiger charge is 2.25. The van der Waals surface area contributed by atoms with Crippen LogP contribution in [0.1, 0.15) is 24.4 Å². The number of carbonyl (C=O) groups is 1. The van der Waals surface area contributed by atoms with Crippen molar-refractivity contribution in [3.63, 3.8) is 0 Å². The van der Waals surface area contributed by atoms with E-state index >= 15 is 0 Å². The van der Waals surface area contributed by atoms with Crippen LogP contribution in [-0.2, 0) is 4.79 Å². The number of carbonyl (C=O) groups excluding carboxylic acids is 1. The van der Waals surface area contributed by atoms with Gasteiger partial charge < -0.3 is 10.6 Å². The minimum atomic E-state index is 0.0593. The van der Waals surface area contributed by atoms with Crippen LogP contribution < -0.4 is 5.73 Å². The van der Waals surface area contributed by atoms with Gasteiger partial charge in [-0.25, -0.2) is 4.52 Å². The number of likely N-dealkylation sites (tertiary alicyclic amines) is 1. The van der Waals surface area contributed by atoms with E-state index in [-0.39, 0.29) is 11.9 Å². The number of rotatable bonds is 4. The van der Waals surface area contributed by atoms with Crippen LogP contribution >= 0.6 is 11.8 Å². The van der Waals surface area contributed by atoms with Crippen LogP contribution in [0.25, 0.3) is 16.6 Å². The third-order valence-electron chi connectivity index (χ3n) is 5.78. The fourth-order valence-corrected chi connectivity index (χ4v) is 4.99. The van der Waals surface area contributed by atoms with Crippen molar-refractivity contribution >= 4 is 28.9 Å². The molecule has 3 aromatic heterocycles. The third kappa shape index (κ3) is 3.59. The second-order valence-electron chi connectivity index (χ2n) is 7.87. The zero-order valence-electron chi connectivity index (χ0n) is 17.5. The number of fused-ring (bicyclic) bond motifs is 1. The van der Waals surface area contributed by atoms with Gasteiger partial charge in [0, 0.05) is 59.0 Å². The lowest BCUT2D eigenvalue weighted by atomic mass is 10.1. The van der Waals surface area contributed by atoms with E-state index in [0.717, 1.165) is 39.4 Å². The average Bonchev–Trinajstić information content (AvgIpc) is 3.44. The van der Waals surface area contributed by atoms with E-state index in [4.69, 9.17) is 5.73 Å².